The molecule has 2 aromatic rings. The third kappa shape index (κ3) is 3.75. The van der Waals surface area contributed by atoms with E-state index in [9.17, 15) is 4.79 Å². The molecule has 1 atom stereocenters. The average Bonchev–Trinajstić information content (AvgIpc) is 2.83. The van der Waals surface area contributed by atoms with E-state index in [4.69, 9.17) is 16.4 Å². The number of rotatable bonds is 4. The van der Waals surface area contributed by atoms with Gasteiger partial charge in [-0.1, -0.05) is 65.8 Å². The molecule has 0 spiro atoms. The predicted molar refractivity (Wildman–Crippen MR) is 93.7 cm³/mol. The number of hydrogen-bond donors (Lipinski definition) is 0. The molecular formula is C17H15ClN2O2S. The first kappa shape index (κ1) is 16.1. The van der Waals surface area contributed by atoms with Crippen LogP contribution in [0.5, 0.6) is 0 Å². The lowest BCUT2D eigenvalue weighted by Crippen LogP contribution is -2.31. The van der Waals surface area contributed by atoms with E-state index in [1.54, 1.807) is 12.1 Å². The van der Waals surface area contributed by atoms with Crippen LogP contribution in [0.2, 0.25) is 5.02 Å². The first-order valence-electron chi connectivity index (χ1n) is 7.16. The topological polar surface area (TPSA) is 41.9 Å². The van der Waals surface area contributed by atoms with Crippen LogP contribution in [-0.4, -0.2) is 21.4 Å². The van der Waals surface area contributed by atoms with Gasteiger partial charge in [0, 0.05) is 0 Å². The van der Waals surface area contributed by atoms with Gasteiger partial charge in [-0.05, 0) is 24.6 Å². The first-order valence-corrected chi connectivity index (χ1v) is 8.41. The molecule has 6 heteroatoms. The molecule has 1 aliphatic heterocycles. The molecule has 0 radical (unpaired) electrons. The lowest BCUT2D eigenvalue weighted by Gasteiger charge is -2.15. The van der Waals surface area contributed by atoms with E-state index in [2.05, 4.69) is 4.99 Å². The maximum absolute atomic E-state index is 12.3. The van der Waals surface area contributed by atoms with Crippen molar-refractivity contribution in [3.63, 3.8) is 0 Å². The van der Waals surface area contributed by atoms with Gasteiger partial charge in [-0.3, -0.25) is 9.63 Å². The van der Waals surface area contributed by atoms with Crippen molar-refractivity contribution >= 4 is 40.1 Å². The summed E-state index contributed by atoms with van der Waals surface area (Å²) in [5.74, 6) is -0.114. The van der Waals surface area contributed by atoms with Crippen LogP contribution in [0.15, 0.2) is 59.6 Å². The molecule has 1 saturated heterocycles. The maximum Gasteiger partial charge on any atom is 0.266 e. The molecule has 1 aliphatic rings. The third-order valence-corrected chi connectivity index (χ3v) is 4.62. The van der Waals surface area contributed by atoms with Crippen LogP contribution in [0.25, 0.3) is 0 Å². The van der Waals surface area contributed by atoms with Crippen molar-refractivity contribution in [1.29, 1.82) is 0 Å². The second kappa shape index (κ2) is 7.17. The summed E-state index contributed by atoms with van der Waals surface area (Å²) in [6.07, 6.45) is 0. The highest BCUT2D eigenvalue weighted by Crippen LogP contribution is 2.32. The summed E-state index contributed by atoms with van der Waals surface area (Å²) in [5.41, 5.74) is 1.61. The zero-order valence-electron chi connectivity index (χ0n) is 12.5. The van der Waals surface area contributed by atoms with Crippen LogP contribution in [-0.2, 0) is 16.2 Å². The highest BCUT2D eigenvalue weighted by atomic mass is 35.5. The monoisotopic (exact) mass is 346 g/mol. The van der Waals surface area contributed by atoms with Crippen molar-refractivity contribution in [2.75, 3.05) is 0 Å². The summed E-state index contributed by atoms with van der Waals surface area (Å²) < 4.78 is 0. The summed E-state index contributed by atoms with van der Waals surface area (Å²) >= 11 is 7.50. The number of carbonyl (C=O) groups is 1. The first-order chi connectivity index (χ1) is 11.1. The van der Waals surface area contributed by atoms with Crippen molar-refractivity contribution in [1.82, 2.24) is 5.06 Å². The molecular weight excluding hydrogens is 332 g/mol. The number of hydroxylamine groups is 2. The Hall–Kier alpha value is -1.82. The van der Waals surface area contributed by atoms with E-state index in [1.165, 1.54) is 16.8 Å². The predicted octanol–water partition coefficient (Wildman–Crippen LogP) is 4.42. The molecule has 2 aromatic carbocycles. The highest BCUT2D eigenvalue weighted by molar-refractivity contribution is 8.15. The molecule has 1 heterocycles. The molecule has 1 amide bonds. The van der Waals surface area contributed by atoms with Crippen LogP contribution in [0.4, 0.5) is 5.69 Å². The number of aliphatic imine (C=N–C) groups is 1. The normalized spacial score (nSPS) is 19.6. The van der Waals surface area contributed by atoms with E-state index in [1.807, 2.05) is 49.4 Å². The fraction of sp³-hybridized carbons (Fsp3) is 0.176. The molecule has 1 fully saturated rings. The Balaban J connectivity index is 1.81. The standard InChI is InChI=1S/C17H15ClN2O2S/c1-12-16(21)20(22-11-13-7-3-2-4-8-13)17(23-12)19-15-10-6-5-9-14(15)18/h2-10,12H,11H2,1H3. The second-order valence-corrected chi connectivity index (χ2v) is 6.71. The fourth-order valence-electron chi connectivity index (χ4n) is 2.07. The van der Waals surface area contributed by atoms with E-state index < -0.39 is 0 Å². The summed E-state index contributed by atoms with van der Waals surface area (Å²) in [6, 6.07) is 17.0. The molecule has 23 heavy (non-hydrogen) atoms. The molecule has 1 unspecified atom stereocenters. The van der Waals surface area contributed by atoms with E-state index in [-0.39, 0.29) is 11.2 Å². The number of thioether (sulfide) groups is 1. The summed E-state index contributed by atoms with van der Waals surface area (Å²) in [4.78, 5) is 22.4. The minimum Gasteiger partial charge on any atom is -0.271 e. The number of nitrogens with zero attached hydrogens (tertiary/aromatic N) is 2. The van der Waals surface area contributed by atoms with E-state index in [0.717, 1.165) is 5.56 Å². The smallest absolute Gasteiger partial charge is 0.266 e. The summed E-state index contributed by atoms with van der Waals surface area (Å²) in [6.45, 7) is 2.14. The van der Waals surface area contributed by atoms with Gasteiger partial charge in [-0.2, -0.15) is 5.06 Å². The Bertz CT molecular complexity index is 736. The van der Waals surface area contributed by atoms with Crippen LogP contribution in [0.1, 0.15) is 12.5 Å². The lowest BCUT2D eigenvalue weighted by molar-refractivity contribution is -0.163. The zero-order valence-corrected chi connectivity index (χ0v) is 14.1. The molecule has 3 rings (SSSR count). The number of para-hydroxylation sites is 1. The summed E-state index contributed by atoms with van der Waals surface area (Å²) in [7, 11) is 0. The lowest BCUT2D eigenvalue weighted by atomic mass is 10.2. The molecule has 0 aliphatic carbocycles. The van der Waals surface area contributed by atoms with Gasteiger partial charge in [0.1, 0.15) is 6.61 Å². The molecule has 0 bridgehead atoms. The van der Waals surface area contributed by atoms with E-state index >= 15 is 0 Å². The third-order valence-electron chi connectivity index (χ3n) is 3.28. The Morgan fingerprint density at radius 1 is 1.17 bits per heavy atom. The molecule has 0 saturated carbocycles. The number of halogens is 1. The van der Waals surface area contributed by atoms with Gasteiger partial charge < -0.3 is 0 Å². The van der Waals surface area contributed by atoms with Gasteiger partial charge >= 0.3 is 0 Å². The largest absolute Gasteiger partial charge is 0.271 e. The minimum absolute atomic E-state index is 0.114. The second-order valence-electron chi connectivity index (χ2n) is 5.00. The fourth-order valence-corrected chi connectivity index (χ4v) is 3.15. The van der Waals surface area contributed by atoms with Gasteiger partial charge in [-0.25, -0.2) is 4.99 Å². The van der Waals surface area contributed by atoms with Crippen LogP contribution < -0.4 is 0 Å². The van der Waals surface area contributed by atoms with Crippen molar-refractivity contribution in [3.8, 4) is 0 Å². The summed E-state index contributed by atoms with van der Waals surface area (Å²) in [5, 5.41) is 2.08. The maximum atomic E-state index is 12.3. The zero-order chi connectivity index (χ0) is 16.2. The Morgan fingerprint density at radius 2 is 1.87 bits per heavy atom. The molecule has 118 valence electrons. The SMILES string of the molecule is CC1SC(=Nc2ccccc2Cl)N(OCc2ccccc2)C1=O. The van der Waals surface area contributed by atoms with Crippen molar-refractivity contribution in [2.24, 2.45) is 4.99 Å². The van der Waals surface area contributed by atoms with Crippen molar-refractivity contribution in [3.05, 3.63) is 65.2 Å². The van der Waals surface area contributed by atoms with Crippen molar-refractivity contribution in [2.45, 2.75) is 18.8 Å². The Labute approximate surface area is 144 Å². The number of benzene rings is 2. The van der Waals surface area contributed by atoms with E-state index in [0.29, 0.717) is 22.5 Å². The van der Waals surface area contributed by atoms with Crippen molar-refractivity contribution < 1.29 is 9.63 Å². The van der Waals surface area contributed by atoms with Gasteiger partial charge in [0.25, 0.3) is 5.91 Å². The van der Waals surface area contributed by atoms with Crippen LogP contribution in [0, 0.1) is 0 Å². The Morgan fingerprint density at radius 3 is 2.61 bits per heavy atom. The molecule has 4 nitrogen and oxygen atoms in total. The number of carbonyl (C=O) groups excluding carboxylic acids is 1. The quantitative estimate of drug-likeness (QED) is 0.822. The van der Waals surface area contributed by atoms with Gasteiger partial charge in [0.05, 0.1) is 16.0 Å². The number of hydrogen-bond acceptors (Lipinski definition) is 4. The minimum atomic E-state index is -0.230. The van der Waals surface area contributed by atoms with Crippen LogP contribution in [0.3, 0.4) is 0 Å². The Kier molecular flexibility index (Phi) is 5.00. The molecule has 0 N–H and O–H groups in total. The van der Waals surface area contributed by atoms with Gasteiger partial charge in [0.15, 0.2) is 5.17 Å². The average molecular weight is 347 g/mol. The van der Waals surface area contributed by atoms with Gasteiger partial charge in [-0.15, -0.1) is 0 Å². The highest BCUT2D eigenvalue weighted by Gasteiger charge is 2.36. The van der Waals surface area contributed by atoms with Crippen LogP contribution >= 0.6 is 23.4 Å². The molecule has 0 aromatic heterocycles. The number of amidine groups is 1. The van der Waals surface area contributed by atoms with Gasteiger partial charge in [0.2, 0.25) is 0 Å². The number of amides is 1.